The molecule has 0 aliphatic rings. The lowest BCUT2D eigenvalue weighted by Gasteiger charge is -2.04. The molecule has 1 N–H and O–H groups in total. The molecule has 0 aromatic carbocycles. The number of carboxylic acid groups (broad SMARTS) is 1. The molecule has 18 heavy (non-hydrogen) atoms. The van der Waals surface area contributed by atoms with E-state index in [2.05, 4.69) is 4.98 Å². The highest BCUT2D eigenvalue weighted by molar-refractivity contribution is 7.15. The Bertz CT molecular complexity index is 639. The van der Waals surface area contributed by atoms with Crippen LogP contribution < -0.4 is 4.87 Å². The van der Waals surface area contributed by atoms with Gasteiger partial charge in [-0.15, -0.1) is 11.3 Å². The fourth-order valence-electron chi connectivity index (χ4n) is 1.70. The molecule has 0 aliphatic carbocycles. The predicted molar refractivity (Wildman–Crippen MR) is 71.4 cm³/mol. The second-order valence-electron chi connectivity index (χ2n) is 3.83. The summed E-state index contributed by atoms with van der Waals surface area (Å²) < 4.78 is 1.51. The van der Waals surface area contributed by atoms with E-state index in [-0.39, 0.29) is 17.8 Å². The molecule has 0 aliphatic heterocycles. The lowest BCUT2D eigenvalue weighted by Crippen LogP contribution is -2.16. The monoisotopic (exact) mass is 284 g/mol. The lowest BCUT2D eigenvalue weighted by molar-refractivity contribution is -0.137. The molecule has 0 bridgehead atoms. The van der Waals surface area contributed by atoms with Gasteiger partial charge in [-0.3, -0.25) is 14.2 Å². The van der Waals surface area contributed by atoms with Gasteiger partial charge in [-0.25, -0.2) is 4.98 Å². The van der Waals surface area contributed by atoms with Crippen LogP contribution in [0.25, 0.3) is 10.6 Å². The molecular formula is C11H12N2O3S2. The fourth-order valence-corrected chi connectivity index (χ4v) is 3.49. The molecule has 0 atom stereocenters. The molecule has 0 saturated carbocycles. The van der Waals surface area contributed by atoms with Crippen LogP contribution in [0.2, 0.25) is 0 Å². The number of aliphatic carboxylic acids is 1. The van der Waals surface area contributed by atoms with E-state index in [1.54, 1.807) is 5.38 Å². The molecule has 0 unspecified atom stereocenters. The van der Waals surface area contributed by atoms with Crippen LogP contribution in [0, 0.1) is 13.8 Å². The molecule has 0 amide bonds. The summed E-state index contributed by atoms with van der Waals surface area (Å²) in [5.41, 5.74) is 1.65. The van der Waals surface area contributed by atoms with Crippen molar-refractivity contribution in [3.63, 3.8) is 0 Å². The molecule has 0 spiro atoms. The Morgan fingerprint density at radius 1 is 1.50 bits per heavy atom. The van der Waals surface area contributed by atoms with Gasteiger partial charge in [-0.05, 0) is 13.8 Å². The van der Waals surface area contributed by atoms with Crippen molar-refractivity contribution in [3.05, 3.63) is 25.7 Å². The van der Waals surface area contributed by atoms with Crippen LogP contribution in [0.4, 0.5) is 0 Å². The number of aryl methyl sites for hydroxylation is 2. The van der Waals surface area contributed by atoms with Gasteiger partial charge in [0.05, 0.1) is 27.7 Å². The van der Waals surface area contributed by atoms with Crippen LogP contribution in [0.5, 0.6) is 0 Å². The normalized spacial score (nSPS) is 10.8. The third-order valence-electron chi connectivity index (χ3n) is 2.47. The van der Waals surface area contributed by atoms with Crippen LogP contribution in [-0.2, 0) is 11.3 Å². The van der Waals surface area contributed by atoms with Gasteiger partial charge in [0.25, 0.3) is 0 Å². The van der Waals surface area contributed by atoms with E-state index in [0.717, 1.165) is 32.6 Å². The smallest absolute Gasteiger partial charge is 0.307 e. The van der Waals surface area contributed by atoms with Crippen molar-refractivity contribution >= 4 is 28.6 Å². The maximum atomic E-state index is 11.7. The molecule has 0 saturated heterocycles. The fraction of sp³-hybridized carbons (Fsp3) is 0.364. The van der Waals surface area contributed by atoms with Gasteiger partial charge in [0.15, 0.2) is 0 Å². The summed E-state index contributed by atoms with van der Waals surface area (Å²) >= 11 is 2.61. The Morgan fingerprint density at radius 3 is 2.78 bits per heavy atom. The molecular weight excluding hydrogens is 272 g/mol. The molecule has 0 fully saturated rings. The number of rotatable bonds is 4. The van der Waals surface area contributed by atoms with Crippen molar-refractivity contribution in [1.82, 2.24) is 9.55 Å². The van der Waals surface area contributed by atoms with Gasteiger partial charge >= 0.3 is 10.8 Å². The van der Waals surface area contributed by atoms with Crippen molar-refractivity contribution < 1.29 is 9.90 Å². The molecule has 0 radical (unpaired) electrons. The maximum Gasteiger partial charge on any atom is 0.307 e. The largest absolute Gasteiger partial charge is 0.481 e. The summed E-state index contributed by atoms with van der Waals surface area (Å²) in [5.74, 6) is -0.906. The summed E-state index contributed by atoms with van der Waals surface area (Å²) in [6.07, 6.45) is -0.0551. The highest BCUT2D eigenvalue weighted by Crippen LogP contribution is 2.30. The summed E-state index contributed by atoms with van der Waals surface area (Å²) in [6, 6.07) is 0. The third-order valence-corrected chi connectivity index (χ3v) is 4.33. The standard InChI is InChI=1S/C11H12N2O3S2/c1-6-10(18-7(2)12-6)8-5-17-11(16)13(8)4-3-9(14)15/h5H,3-4H2,1-2H3,(H,14,15). The first-order chi connectivity index (χ1) is 8.49. The van der Waals surface area contributed by atoms with Crippen molar-refractivity contribution in [1.29, 1.82) is 0 Å². The number of aromatic nitrogens is 2. The van der Waals surface area contributed by atoms with Gasteiger partial charge in [0.1, 0.15) is 0 Å². The van der Waals surface area contributed by atoms with Crippen LogP contribution in [0.1, 0.15) is 17.1 Å². The minimum Gasteiger partial charge on any atom is -0.481 e. The van der Waals surface area contributed by atoms with E-state index in [1.165, 1.54) is 15.9 Å². The first-order valence-electron chi connectivity index (χ1n) is 5.33. The summed E-state index contributed by atoms with van der Waals surface area (Å²) in [7, 11) is 0. The van der Waals surface area contributed by atoms with E-state index in [9.17, 15) is 9.59 Å². The highest BCUT2D eigenvalue weighted by atomic mass is 32.1. The summed E-state index contributed by atoms with van der Waals surface area (Å²) in [6.45, 7) is 4.00. The molecule has 2 aromatic rings. The van der Waals surface area contributed by atoms with Crippen molar-refractivity contribution in [2.75, 3.05) is 0 Å². The third kappa shape index (κ3) is 2.51. The molecule has 5 nitrogen and oxygen atoms in total. The van der Waals surface area contributed by atoms with Crippen LogP contribution in [0.3, 0.4) is 0 Å². The first-order valence-corrected chi connectivity index (χ1v) is 7.03. The second-order valence-corrected chi connectivity index (χ2v) is 5.85. The van der Waals surface area contributed by atoms with Gasteiger partial charge in [0.2, 0.25) is 0 Å². The van der Waals surface area contributed by atoms with Gasteiger partial charge in [-0.2, -0.15) is 0 Å². The zero-order valence-corrected chi connectivity index (χ0v) is 11.6. The SMILES string of the molecule is Cc1nc(C)c(-c2csc(=O)n2CCC(=O)O)s1. The zero-order chi connectivity index (χ0) is 13.3. The quantitative estimate of drug-likeness (QED) is 0.933. The van der Waals surface area contributed by atoms with Crippen LogP contribution >= 0.6 is 22.7 Å². The summed E-state index contributed by atoms with van der Waals surface area (Å²) in [5, 5.41) is 11.4. The number of carbonyl (C=O) groups is 1. The number of nitrogens with zero attached hydrogens (tertiary/aromatic N) is 2. The van der Waals surface area contributed by atoms with Crippen LogP contribution in [0.15, 0.2) is 10.2 Å². The number of thiazole rings is 2. The zero-order valence-electron chi connectivity index (χ0n) is 9.97. The highest BCUT2D eigenvalue weighted by Gasteiger charge is 2.15. The molecule has 96 valence electrons. The van der Waals surface area contributed by atoms with Gasteiger partial charge < -0.3 is 5.11 Å². The molecule has 7 heteroatoms. The lowest BCUT2D eigenvalue weighted by atomic mass is 10.3. The Labute approximate surface area is 111 Å². The van der Waals surface area contributed by atoms with E-state index in [1.807, 2.05) is 13.8 Å². The van der Waals surface area contributed by atoms with E-state index >= 15 is 0 Å². The number of carboxylic acids is 1. The molecule has 2 rings (SSSR count). The van der Waals surface area contributed by atoms with E-state index < -0.39 is 5.97 Å². The average molecular weight is 284 g/mol. The Kier molecular flexibility index (Phi) is 3.63. The Morgan fingerprint density at radius 2 is 2.22 bits per heavy atom. The van der Waals surface area contributed by atoms with E-state index in [0.29, 0.717) is 0 Å². The van der Waals surface area contributed by atoms with Crippen LogP contribution in [-0.4, -0.2) is 20.6 Å². The van der Waals surface area contributed by atoms with Crippen molar-refractivity contribution in [2.45, 2.75) is 26.8 Å². The predicted octanol–water partition coefficient (Wildman–Crippen LogP) is 2.12. The van der Waals surface area contributed by atoms with Gasteiger partial charge in [0, 0.05) is 11.9 Å². The average Bonchev–Trinajstić information content (AvgIpc) is 2.79. The van der Waals surface area contributed by atoms with E-state index in [4.69, 9.17) is 5.11 Å². The van der Waals surface area contributed by atoms with Gasteiger partial charge in [-0.1, -0.05) is 11.3 Å². The van der Waals surface area contributed by atoms with Crippen molar-refractivity contribution in [3.8, 4) is 10.6 Å². The molecule has 2 aromatic heterocycles. The molecule has 2 heterocycles. The Hall–Kier alpha value is -1.47. The maximum absolute atomic E-state index is 11.7. The number of hydrogen-bond acceptors (Lipinski definition) is 5. The minimum atomic E-state index is -0.906. The topological polar surface area (TPSA) is 72.2 Å². The Balaban J connectivity index is 2.42. The second kappa shape index (κ2) is 5.03. The minimum absolute atomic E-state index is 0.0551. The summed E-state index contributed by atoms with van der Waals surface area (Å²) in [4.78, 5) is 27.5. The van der Waals surface area contributed by atoms with Crippen molar-refractivity contribution in [2.24, 2.45) is 0 Å². The number of hydrogen-bond donors (Lipinski definition) is 1. The first kappa shape index (κ1) is 13.0.